The molecule has 0 aliphatic carbocycles. The van der Waals surface area contributed by atoms with Crippen molar-refractivity contribution < 1.29 is 19.1 Å². The van der Waals surface area contributed by atoms with E-state index >= 15 is 0 Å². The van der Waals surface area contributed by atoms with Gasteiger partial charge in [-0.15, -0.1) is 0 Å². The van der Waals surface area contributed by atoms with Crippen molar-refractivity contribution in [2.45, 2.75) is 32.2 Å². The molecule has 1 fully saturated rings. The number of nitrogens with zero attached hydrogens (tertiary/aromatic N) is 1. The number of carbonyl (C=O) groups is 2. The molecule has 1 aromatic rings. The van der Waals surface area contributed by atoms with Crippen LogP contribution in [0.5, 0.6) is 0 Å². The summed E-state index contributed by atoms with van der Waals surface area (Å²) in [4.78, 5) is 24.9. The lowest BCUT2D eigenvalue weighted by Gasteiger charge is -2.25. The Kier molecular flexibility index (Phi) is 4.37. The third-order valence-corrected chi connectivity index (χ3v) is 3.67. The summed E-state index contributed by atoms with van der Waals surface area (Å²) in [6.07, 6.45) is 1.64. The van der Waals surface area contributed by atoms with Crippen LogP contribution in [0.3, 0.4) is 0 Å². The fourth-order valence-corrected chi connectivity index (χ4v) is 2.68. The van der Waals surface area contributed by atoms with E-state index in [0.29, 0.717) is 19.4 Å². The Bertz CT molecular complexity index is 518. The summed E-state index contributed by atoms with van der Waals surface area (Å²) < 4.78 is 13.1. The first-order valence-electron chi connectivity index (χ1n) is 6.76. The van der Waals surface area contributed by atoms with Crippen LogP contribution < -0.4 is 0 Å². The third-order valence-electron chi connectivity index (χ3n) is 3.67. The molecule has 20 heavy (non-hydrogen) atoms. The molecule has 1 aromatic carbocycles. The summed E-state index contributed by atoms with van der Waals surface area (Å²) in [6, 6.07) is 5.43. The number of carboxylic acids is 1. The molecule has 1 aliphatic rings. The quantitative estimate of drug-likeness (QED) is 0.918. The molecule has 0 aromatic heterocycles. The summed E-state index contributed by atoms with van der Waals surface area (Å²) in [5, 5.41) is 9.10. The van der Waals surface area contributed by atoms with Gasteiger partial charge in [0, 0.05) is 12.5 Å². The number of rotatable bonds is 4. The van der Waals surface area contributed by atoms with Crippen molar-refractivity contribution in [1.82, 2.24) is 4.90 Å². The molecule has 1 saturated heterocycles. The van der Waals surface area contributed by atoms with E-state index in [1.807, 2.05) is 0 Å². The van der Waals surface area contributed by atoms with Gasteiger partial charge in [0.05, 0.1) is 0 Å². The van der Waals surface area contributed by atoms with Crippen LogP contribution >= 0.6 is 0 Å². The Morgan fingerprint density at radius 2 is 2.25 bits per heavy atom. The number of halogens is 1. The number of likely N-dealkylation sites (tertiary alicyclic amines) is 1. The SMILES string of the molecule is CC(Cc1cccc(F)c1)C(=O)N1CCC[C@@H]1C(=O)O. The van der Waals surface area contributed by atoms with Crippen molar-refractivity contribution >= 4 is 11.9 Å². The largest absolute Gasteiger partial charge is 0.480 e. The van der Waals surface area contributed by atoms with E-state index in [9.17, 15) is 14.0 Å². The van der Waals surface area contributed by atoms with E-state index in [-0.39, 0.29) is 17.6 Å². The minimum Gasteiger partial charge on any atom is -0.480 e. The van der Waals surface area contributed by atoms with Crippen LogP contribution in [0, 0.1) is 11.7 Å². The first kappa shape index (κ1) is 14.5. The van der Waals surface area contributed by atoms with Gasteiger partial charge in [0.25, 0.3) is 0 Å². The van der Waals surface area contributed by atoms with Gasteiger partial charge in [-0.1, -0.05) is 19.1 Å². The predicted octanol–water partition coefficient (Wildman–Crippen LogP) is 2.08. The van der Waals surface area contributed by atoms with Crippen LogP contribution in [0.15, 0.2) is 24.3 Å². The molecule has 1 heterocycles. The average Bonchev–Trinajstić information content (AvgIpc) is 2.87. The first-order chi connectivity index (χ1) is 9.49. The molecule has 0 radical (unpaired) electrons. The fourth-order valence-electron chi connectivity index (χ4n) is 2.68. The molecule has 0 spiro atoms. The van der Waals surface area contributed by atoms with Crippen molar-refractivity contribution in [3.63, 3.8) is 0 Å². The first-order valence-corrected chi connectivity index (χ1v) is 6.76. The maximum atomic E-state index is 13.1. The second-order valence-electron chi connectivity index (χ2n) is 5.26. The number of carbonyl (C=O) groups excluding carboxylic acids is 1. The van der Waals surface area contributed by atoms with E-state index in [2.05, 4.69) is 0 Å². The predicted molar refractivity (Wildman–Crippen MR) is 71.6 cm³/mol. The number of amides is 1. The number of benzene rings is 1. The minimum absolute atomic E-state index is 0.167. The molecule has 0 bridgehead atoms. The molecule has 108 valence electrons. The molecular weight excluding hydrogens is 261 g/mol. The Hall–Kier alpha value is -1.91. The van der Waals surface area contributed by atoms with Crippen molar-refractivity contribution in [1.29, 1.82) is 0 Å². The topological polar surface area (TPSA) is 57.6 Å². The van der Waals surface area contributed by atoms with Gasteiger partial charge in [-0.05, 0) is 37.0 Å². The Balaban J connectivity index is 2.03. The van der Waals surface area contributed by atoms with Gasteiger partial charge in [0.2, 0.25) is 5.91 Å². The smallest absolute Gasteiger partial charge is 0.326 e. The molecule has 5 heteroatoms. The highest BCUT2D eigenvalue weighted by atomic mass is 19.1. The summed E-state index contributed by atoms with van der Waals surface area (Å²) in [5.74, 6) is -1.79. The van der Waals surface area contributed by atoms with Gasteiger partial charge in [0.1, 0.15) is 11.9 Å². The van der Waals surface area contributed by atoms with Gasteiger partial charge >= 0.3 is 5.97 Å². The lowest BCUT2D eigenvalue weighted by molar-refractivity contribution is -0.149. The van der Waals surface area contributed by atoms with E-state index in [4.69, 9.17) is 5.11 Å². The monoisotopic (exact) mass is 279 g/mol. The van der Waals surface area contributed by atoms with Gasteiger partial charge in [0.15, 0.2) is 0 Å². The van der Waals surface area contributed by atoms with Crippen LogP contribution in [0.2, 0.25) is 0 Å². The molecule has 0 saturated carbocycles. The average molecular weight is 279 g/mol. The van der Waals surface area contributed by atoms with E-state index < -0.39 is 12.0 Å². The van der Waals surface area contributed by atoms with Crippen LogP contribution in [0.25, 0.3) is 0 Å². The number of aliphatic carboxylic acids is 1. The molecule has 2 rings (SSSR count). The minimum atomic E-state index is -0.950. The zero-order valence-electron chi connectivity index (χ0n) is 11.4. The van der Waals surface area contributed by atoms with Crippen molar-refractivity contribution in [3.8, 4) is 0 Å². The highest BCUT2D eigenvalue weighted by molar-refractivity contribution is 5.85. The highest BCUT2D eigenvalue weighted by Crippen LogP contribution is 2.21. The standard InChI is InChI=1S/C15H18FNO3/c1-10(8-11-4-2-5-12(16)9-11)14(18)17-7-3-6-13(17)15(19)20/h2,4-5,9-10,13H,3,6-8H2,1H3,(H,19,20)/t10?,13-/m1/s1. The summed E-state index contributed by atoms with van der Waals surface area (Å²) in [6.45, 7) is 2.24. The lowest BCUT2D eigenvalue weighted by atomic mass is 9.99. The molecule has 1 unspecified atom stereocenters. The lowest BCUT2D eigenvalue weighted by Crippen LogP contribution is -2.43. The van der Waals surface area contributed by atoms with Gasteiger partial charge < -0.3 is 10.0 Å². The zero-order chi connectivity index (χ0) is 14.7. The van der Waals surface area contributed by atoms with Gasteiger partial charge in [-0.3, -0.25) is 4.79 Å². The molecular formula is C15H18FNO3. The number of carboxylic acid groups (broad SMARTS) is 1. The van der Waals surface area contributed by atoms with Crippen molar-refractivity contribution in [3.05, 3.63) is 35.6 Å². The van der Waals surface area contributed by atoms with Crippen molar-refractivity contribution in [2.75, 3.05) is 6.54 Å². The van der Waals surface area contributed by atoms with Crippen LogP contribution in [0.1, 0.15) is 25.3 Å². The molecule has 2 atom stereocenters. The highest BCUT2D eigenvalue weighted by Gasteiger charge is 2.35. The number of hydrogen-bond donors (Lipinski definition) is 1. The molecule has 1 aliphatic heterocycles. The molecule has 4 nitrogen and oxygen atoms in total. The third kappa shape index (κ3) is 3.15. The van der Waals surface area contributed by atoms with Gasteiger partial charge in [-0.25, -0.2) is 9.18 Å². The Labute approximate surface area is 117 Å². The van der Waals surface area contributed by atoms with Crippen molar-refractivity contribution in [2.24, 2.45) is 5.92 Å². The Morgan fingerprint density at radius 1 is 1.50 bits per heavy atom. The zero-order valence-corrected chi connectivity index (χ0v) is 11.4. The van der Waals surface area contributed by atoms with Crippen LogP contribution in [-0.2, 0) is 16.0 Å². The summed E-state index contributed by atoms with van der Waals surface area (Å²) in [7, 11) is 0. The summed E-state index contributed by atoms with van der Waals surface area (Å²) in [5.41, 5.74) is 0.747. The molecule has 1 N–H and O–H groups in total. The second kappa shape index (κ2) is 6.03. The molecule has 1 amide bonds. The normalized spacial score (nSPS) is 19.9. The summed E-state index contributed by atoms with van der Waals surface area (Å²) >= 11 is 0. The number of hydrogen-bond acceptors (Lipinski definition) is 2. The maximum Gasteiger partial charge on any atom is 0.326 e. The fraction of sp³-hybridized carbons (Fsp3) is 0.467. The second-order valence-corrected chi connectivity index (χ2v) is 5.26. The van der Waals surface area contributed by atoms with Crippen LogP contribution in [0.4, 0.5) is 4.39 Å². The van der Waals surface area contributed by atoms with Crippen LogP contribution in [-0.4, -0.2) is 34.5 Å². The maximum absolute atomic E-state index is 13.1. The van der Waals surface area contributed by atoms with Gasteiger partial charge in [-0.2, -0.15) is 0 Å². The van der Waals surface area contributed by atoms with E-state index in [1.165, 1.54) is 17.0 Å². The van der Waals surface area contributed by atoms with E-state index in [0.717, 1.165) is 12.0 Å². The van der Waals surface area contributed by atoms with E-state index in [1.54, 1.807) is 19.1 Å². The Morgan fingerprint density at radius 3 is 2.90 bits per heavy atom.